The molecule has 0 amide bonds. The summed E-state index contributed by atoms with van der Waals surface area (Å²) in [6.07, 6.45) is 4.70. The first-order chi connectivity index (χ1) is 6.27. The Morgan fingerprint density at radius 3 is 2.46 bits per heavy atom. The number of nitrogens with one attached hydrogen (secondary N) is 1. The first kappa shape index (κ1) is 9.00. The lowest BCUT2D eigenvalue weighted by molar-refractivity contribution is 0.182. The van der Waals surface area contributed by atoms with Crippen molar-refractivity contribution in [3.8, 4) is 0 Å². The predicted octanol–water partition coefficient (Wildman–Crippen LogP) is 1.15. The number of likely N-dealkylation sites (tertiary alicyclic amines) is 2. The minimum atomic E-state index is 0.672. The third kappa shape index (κ3) is 1.85. The SMILES string of the molecule is CN1CCC(N2CCCC2=N)CC1. The second-order valence-corrected chi connectivity index (χ2v) is 4.28. The summed E-state index contributed by atoms with van der Waals surface area (Å²) in [5.74, 6) is 0.884. The molecule has 2 rings (SSSR count). The van der Waals surface area contributed by atoms with Crippen molar-refractivity contribution in [3.63, 3.8) is 0 Å². The second-order valence-electron chi connectivity index (χ2n) is 4.28. The van der Waals surface area contributed by atoms with Crippen LogP contribution in [0, 0.1) is 5.41 Å². The average Bonchev–Trinajstić information content (AvgIpc) is 2.53. The smallest absolute Gasteiger partial charge is 0.0960 e. The molecule has 0 aromatic rings. The van der Waals surface area contributed by atoms with E-state index in [2.05, 4.69) is 16.8 Å². The Kier molecular flexibility index (Phi) is 2.54. The van der Waals surface area contributed by atoms with Gasteiger partial charge < -0.3 is 9.80 Å². The van der Waals surface area contributed by atoms with E-state index in [4.69, 9.17) is 5.41 Å². The van der Waals surface area contributed by atoms with E-state index >= 15 is 0 Å². The molecule has 0 spiro atoms. The van der Waals surface area contributed by atoms with E-state index in [1.54, 1.807) is 0 Å². The topological polar surface area (TPSA) is 30.3 Å². The summed E-state index contributed by atoms with van der Waals surface area (Å²) in [6.45, 7) is 3.54. The number of nitrogens with zero attached hydrogens (tertiary/aromatic N) is 2. The third-order valence-electron chi connectivity index (χ3n) is 3.29. The van der Waals surface area contributed by atoms with Gasteiger partial charge in [0.15, 0.2) is 0 Å². The summed E-state index contributed by atoms with van der Waals surface area (Å²) in [6, 6.07) is 0.672. The second kappa shape index (κ2) is 3.66. The molecule has 13 heavy (non-hydrogen) atoms. The van der Waals surface area contributed by atoms with E-state index in [1.165, 1.54) is 32.4 Å². The fourth-order valence-electron chi connectivity index (χ4n) is 2.41. The van der Waals surface area contributed by atoms with Crippen LogP contribution in [0.15, 0.2) is 0 Å². The van der Waals surface area contributed by atoms with Gasteiger partial charge in [0.25, 0.3) is 0 Å². The van der Waals surface area contributed by atoms with Crippen LogP contribution in [0.3, 0.4) is 0 Å². The Morgan fingerprint density at radius 2 is 1.92 bits per heavy atom. The van der Waals surface area contributed by atoms with Crippen LogP contribution < -0.4 is 0 Å². The molecule has 3 heteroatoms. The van der Waals surface area contributed by atoms with Crippen LogP contribution >= 0.6 is 0 Å². The Balaban J connectivity index is 1.90. The highest BCUT2D eigenvalue weighted by Gasteiger charge is 2.27. The molecule has 0 unspecified atom stereocenters. The minimum absolute atomic E-state index is 0.672. The molecule has 0 aromatic heterocycles. The number of hydrogen-bond donors (Lipinski definition) is 1. The van der Waals surface area contributed by atoms with Crippen molar-refractivity contribution < 1.29 is 0 Å². The summed E-state index contributed by atoms with van der Waals surface area (Å²) in [5, 5.41) is 7.80. The van der Waals surface area contributed by atoms with Crippen LogP contribution in [0.1, 0.15) is 25.7 Å². The van der Waals surface area contributed by atoms with Gasteiger partial charge in [0.1, 0.15) is 0 Å². The monoisotopic (exact) mass is 181 g/mol. The Hall–Kier alpha value is -0.570. The van der Waals surface area contributed by atoms with Crippen LogP contribution in [-0.4, -0.2) is 48.4 Å². The van der Waals surface area contributed by atoms with Gasteiger partial charge in [-0.2, -0.15) is 0 Å². The summed E-state index contributed by atoms with van der Waals surface area (Å²) >= 11 is 0. The molecule has 74 valence electrons. The molecule has 0 radical (unpaired) electrons. The van der Waals surface area contributed by atoms with Gasteiger partial charge in [0.05, 0.1) is 5.84 Å². The van der Waals surface area contributed by atoms with Crippen molar-refractivity contribution in [2.45, 2.75) is 31.7 Å². The molecule has 2 saturated heterocycles. The van der Waals surface area contributed by atoms with Crippen LogP contribution in [0.2, 0.25) is 0 Å². The first-order valence-corrected chi connectivity index (χ1v) is 5.30. The van der Waals surface area contributed by atoms with Crippen molar-refractivity contribution in [3.05, 3.63) is 0 Å². The van der Waals surface area contributed by atoms with Gasteiger partial charge in [-0.05, 0) is 39.4 Å². The molecular weight excluding hydrogens is 162 g/mol. The van der Waals surface area contributed by atoms with E-state index < -0.39 is 0 Å². The summed E-state index contributed by atoms with van der Waals surface area (Å²) < 4.78 is 0. The zero-order valence-electron chi connectivity index (χ0n) is 8.42. The molecule has 2 aliphatic heterocycles. The Morgan fingerprint density at radius 1 is 1.23 bits per heavy atom. The molecule has 0 aliphatic carbocycles. The van der Waals surface area contributed by atoms with Crippen LogP contribution in [-0.2, 0) is 0 Å². The summed E-state index contributed by atoms with van der Waals surface area (Å²) in [5.41, 5.74) is 0. The molecule has 0 saturated carbocycles. The zero-order chi connectivity index (χ0) is 9.26. The van der Waals surface area contributed by atoms with E-state index in [-0.39, 0.29) is 0 Å². The maximum Gasteiger partial charge on any atom is 0.0960 e. The molecule has 1 N–H and O–H groups in total. The number of amidine groups is 1. The third-order valence-corrected chi connectivity index (χ3v) is 3.29. The van der Waals surface area contributed by atoms with Gasteiger partial charge in [0.2, 0.25) is 0 Å². The fraction of sp³-hybridized carbons (Fsp3) is 0.900. The van der Waals surface area contributed by atoms with Crippen LogP contribution in [0.5, 0.6) is 0 Å². The highest BCUT2D eigenvalue weighted by atomic mass is 15.2. The van der Waals surface area contributed by atoms with Crippen LogP contribution in [0.25, 0.3) is 0 Å². The van der Waals surface area contributed by atoms with Crippen molar-refractivity contribution in [2.24, 2.45) is 0 Å². The largest absolute Gasteiger partial charge is 0.357 e. The van der Waals surface area contributed by atoms with Gasteiger partial charge in [-0.25, -0.2) is 0 Å². The van der Waals surface area contributed by atoms with Crippen LogP contribution in [0.4, 0.5) is 0 Å². The Labute approximate surface area is 80.2 Å². The van der Waals surface area contributed by atoms with Crippen molar-refractivity contribution >= 4 is 5.84 Å². The van der Waals surface area contributed by atoms with E-state index in [0.29, 0.717) is 6.04 Å². The lowest BCUT2D eigenvalue weighted by Gasteiger charge is -2.35. The van der Waals surface area contributed by atoms with E-state index in [0.717, 1.165) is 18.8 Å². The molecule has 0 aromatic carbocycles. The van der Waals surface area contributed by atoms with Gasteiger partial charge in [-0.3, -0.25) is 5.41 Å². The van der Waals surface area contributed by atoms with E-state index in [9.17, 15) is 0 Å². The molecule has 2 aliphatic rings. The lowest BCUT2D eigenvalue weighted by atomic mass is 10.0. The van der Waals surface area contributed by atoms with Gasteiger partial charge in [-0.1, -0.05) is 0 Å². The summed E-state index contributed by atoms with van der Waals surface area (Å²) in [4.78, 5) is 4.71. The first-order valence-electron chi connectivity index (χ1n) is 5.30. The molecule has 2 fully saturated rings. The number of hydrogen-bond acceptors (Lipinski definition) is 2. The average molecular weight is 181 g/mol. The molecule has 0 atom stereocenters. The molecule has 2 heterocycles. The lowest BCUT2D eigenvalue weighted by Crippen LogP contribution is -2.43. The van der Waals surface area contributed by atoms with E-state index in [1.807, 2.05) is 0 Å². The molecular formula is C10H19N3. The highest BCUT2D eigenvalue weighted by molar-refractivity contribution is 5.81. The number of piperidine rings is 1. The maximum atomic E-state index is 7.80. The fourth-order valence-corrected chi connectivity index (χ4v) is 2.41. The quantitative estimate of drug-likeness (QED) is 0.658. The van der Waals surface area contributed by atoms with Crippen molar-refractivity contribution in [2.75, 3.05) is 26.7 Å². The minimum Gasteiger partial charge on any atom is -0.357 e. The maximum absolute atomic E-state index is 7.80. The van der Waals surface area contributed by atoms with Gasteiger partial charge in [-0.15, -0.1) is 0 Å². The predicted molar refractivity (Wildman–Crippen MR) is 54.2 cm³/mol. The molecule has 3 nitrogen and oxygen atoms in total. The highest BCUT2D eigenvalue weighted by Crippen LogP contribution is 2.21. The molecule has 0 bridgehead atoms. The van der Waals surface area contributed by atoms with Crippen molar-refractivity contribution in [1.29, 1.82) is 5.41 Å². The number of rotatable bonds is 1. The van der Waals surface area contributed by atoms with Gasteiger partial charge >= 0.3 is 0 Å². The van der Waals surface area contributed by atoms with Crippen molar-refractivity contribution in [1.82, 2.24) is 9.80 Å². The normalized spacial score (nSPS) is 27.2. The van der Waals surface area contributed by atoms with Gasteiger partial charge in [0, 0.05) is 19.0 Å². The Bertz CT molecular complexity index is 194. The summed E-state index contributed by atoms with van der Waals surface area (Å²) in [7, 11) is 2.19. The zero-order valence-corrected chi connectivity index (χ0v) is 8.42. The standard InChI is InChI=1S/C10H19N3/c1-12-7-4-9(5-8-12)13-6-2-3-10(13)11/h9,11H,2-8H2,1H3.